The number of para-hydroxylation sites is 1. The highest BCUT2D eigenvalue weighted by Gasteiger charge is 2.30. The number of nitrogens with zero attached hydrogens (tertiary/aromatic N) is 2. The quantitative estimate of drug-likeness (QED) is 0.788. The first-order valence-corrected chi connectivity index (χ1v) is 6.51. The lowest BCUT2D eigenvalue weighted by molar-refractivity contribution is 0.0966. The fourth-order valence-corrected chi connectivity index (χ4v) is 2.59. The number of amides is 1. The van der Waals surface area contributed by atoms with Gasteiger partial charge in [0.05, 0.1) is 0 Å². The third-order valence-corrected chi connectivity index (χ3v) is 3.59. The zero-order chi connectivity index (χ0) is 13.4. The van der Waals surface area contributed by atoms with Gasteiger partial charge in [-0.05, 0) is 38.3 Å². The van der Waals surface area contributed by atoms with Gasteiger partial charge in [0.25, 0.3) is 5.91 Å². The molecule has 4 nitrogen and oxygen atoms in total. The molecule has 1 aliphatic rings. The largest absolute Gasteiger partial charge is 0.361 e. The molecular weight excluding hydrogens is 240 g/mol. The van der Waals surface area contributed by atoms with Crippen molar-refractivity contribution < 1.29 is 9.32 Å². The molecule has 0 saturated heterocycles. The van der Waals surface area contributed by atoms with E-state index < -0.39 is 0 Å². The highest BCUT2D eigenvalue weighted by Crippen LogP contribution is 2.31. The molecule has 4 heteroatoms. The SMILES string of the molecule is Cc1cc(C(=O)N2c3ccccc3CCC2C)no1. The first-order valence-electron chi connectivity index (χ1n) is 6.51. The molecule has 1 aliphatic heterocycles. The summed E-state index contributed by atoms with van der Waals surface area (Å²) in [6, 6.07) is 9.92. The Morgan fingerprint density at radius 2 is 2.21 bits per heavy atom. The van der Waals surface area contributed by atoms with E-state index in [1.807, 2.05) is 23.1 Å². The van der Waals surface area contributed by atoms with E-state index >= 15 is 0 Å². The van der Waals surface area contributed by atoms with Crippen LogP contribution in [0.5, 0.6) is 0 Å². The maximum Gasteiger partial charge on any atom is 0.280 e. The molecule has 1 unspecified atom stereocenters. The Morgan fingerprint density at radius 3 is 2.95 bits per heavy atom. The predicted octanol–water partition coefficient (Wildman–Crippen LogP) is 2.96. The lowest BCUT2D eigenvalue weighted by Crippen LogP contribution is -2.42. The van der Waals surface area contributed by atoms with Crippen molar-refractivity contribution in [3.8, 4) is 0 Å². The molecule has 19 heavy (non-hydrogen) atoms. The van der Waals surface area contributed by atoms with Crippen LogP contribution in [0.2, 0.25) is 0 Å². The fourth-order valence-electron chi connectivity index (χ4n) is 2.59. The summed E-state index contributed by atoms with van der Waals surface area (Å²) in [7, 11) is 0. The summed E-state index contributed by atoms with van der Waals surface area (Å²) < 4.78 is 5.00. The Balaban J connectivity index is 2.02. The van der Waals surface area contributed by atoms with Gasteiger partial charge in [-0.1, -0.05) is 23.4 Å². The van der Waals surface area contributed by atoms with E-state index in [2.05, 4.69) is 18.1 Å². The Hall–Kier alpha value is -2.10. The van der Waals surface area contributed by atoms with Gasteiger partial charge in [-0.3, -0.25) is 4.79 Å². The second kappa shape index (κ2) is 4.53. The van der Waals surface area contributed by atoms with Crippen molar-refractivity contribution in [2.75, 3.05) is 4.90 Å². The van der Waals surface area contributed by atoms with E-state index in [0.29, 0.717) is 11.5 Å². The number of carbonyl (C=O) groups excluding carboxylic acids is 1. The van der Waals surface area contributed by atoms with Gasteiger partial charge < -0.3 is 9.42 Å². The third kappa shape index (κ3) is 2.03. The van der Waals surface area contributed by atoms with Crippen LogP contribution in [0.1, 0.15) is 35.2 Å². The lowest BCUT2D eigenvalue weighted by atomic mass is 9.96. The zero-order valence-electron chi connectivity index (χ0n) is 11.1. The molecule has 0 fully saturated rings. The van der Waals surface area contributed by atoms with E-state index in [0.717, 1.165) is 18.5 Å². The van der Waals surface area contributed by atoms with E-state index in [1.54, 1.807) is 13.0 Å². The van der Waals surface area contributed by atoms with Gasteiger partial charge in [0.2, 0.25) is 0 Å². The fraction of sp³-hybridized carbons (Fsp3) is 0.333. The van der Waals surface area contributed by atoms with Crippen LogP contribution < -0.4 is 4.90 Å². The van der Waals surface area contributed by atoms with Gasteiger partial charge in [0.15, 0.2) is 5.69 Å². The highest BCUT2D eigenvalue weighted by atomic mass is 16.5. The second-order valence-corrected chi connectivity index (χ2v) is 5.01. The summed E-state index contributed by atoms with van der Waals surface area (Å²) in [6.45, 7) is 3.86. The molecule has 2 aromatic rings. The minimum atomic E-state index is -0.0866. The van der Waals surface area contributed by atoms with Crippen LogP contribution >= 0.6 is 0 Å². The maximum atomic E-state index is 12.6. The number of rotatable bonds is 1. The van der Waals surface area contributed by atoms with Gasteiger partial charge in [0.1, 0.15) is 5.76 Å². The van der Waals surface area contributed by atoms with Crippen molar-refractivity contribution in [1.29, 1.82) is 0 Å². The number of anilines is 1. The molecule has 2 heterocycles. The number of carbonyl (C=O) groups is 1. The molecule has 0 bridgehead atoms. The summed E-state index contributed by atoms with van der Waals surface area (Å²) in [5, 5.41) is 3.83. The van der Waals surface area contributed by atoms with Crippen molar-refractivity contribution in [1.82, 2.24) is 5.16 Å². The second-order valence-electron chi connectivity index (χ2n) is 5.01. The van der Waals surface area contributed by atoms with E-state index in [1.165, 1.54) is 5.56 Å². The van der Waals surface area contributed by atoms with Crippen LogP contribution in [0, 0.1) is 6.92 Å². The smallest absolute Gasteiger partial charge is 0.280 e. The molecule has 1 aromatic carbocycles. The number of hydrogen-bond acceptors (Lipinski definition) is 3. The topological polar surface area (TPSA) is 46.3 Å². The summed E-state index contributed by atoms with van der Waals surface area (Å²) in [6.07, 6.45) is 1.98. The number of aryl methyl sites for hydroxylation is 2. The Kier molecular flexibility index (Phi) is 2.85. The molecule has 0 aliphatic carbocycles. The van der Waals surface area contributed by atoms with Crippen molar-refractivity contribution in [3.05, 3.63) is 47.3 Å². The number of aromatic nitrogens is 1. The van der Waals surface area contributed by atoms with Crippen molar-refractivity contribution in [3.63, 3.8) is 0 Å². The molecular formula is C15H16N2O2. The lowest BCUT2D eigenvalue weighted by Gasteiger charge is -2.34. The van der Waals surface area contributed by atoms with Gasteiger partial charge in [0, 0.05) is 17.8 Å². The first kappa shape index (κ1) is 12.0. The molecule has 0 radical (unpaired) electrons. The van der Waals surface area contributed by atoms with Crippen molar-refractivity contribution in [2.45, 2.75) is 32.7 Å². The summed E-state index contributed by atoms with van der Waals surface area (Å²) in [4.78, 5) is 14.4. The molecule has 1 aromatic heterocycles. The van der Waals surface area contributed by atoms with E-state index in [-0.39, 0.29) is 11.9 Å². The molecule has 1 atom stereocenters. The molecule has 3 rings (SSSR count). The zero-order valence-corrected chi connectivity index (χ0v) is 11.1. The molecule has 0 spiro atoms. The Bertz CT molecular complexity index is 618. The number of fused-ring (bicyclic) bond motifs is 1. The van der Waals surface area contributed by atoms with Gasteiger partial charge in [-0.15, -0.1) is 0 Å². The summed E-state index contributed by atoms with van der Waals surface area (Å²) in [5.41, 5.74) is 2.59. The molecule has 98 valence electrons. The average molecular weight is 256 g/mol. The van der Waals surface area contributed by atoms with Crippen LogP contribution in [-0.4, -0.2) is 17.1 Å². The molecule has 1 amide bonds. The van der Waals surface area contributed by atoms with Crippen molar-refractivity contribution in [2.24, 2.45) is 0 Å². The van der Waals surface area contributed by atoms with Crippen LogP contribution in [0.15, 0.2) is 34.9 Å². The Morgan fingerprint density at radius 1 is 1.42 bits per heavy atom. The minimum Gasteiger partial charge on any atom is -0.361 e. The maximum absolute atomic E-state index is 12.6. The standard InChI is InChI=1S/C15H16N2O2/c1-10-7-8-12-5-3-4-6-14(12)17(10)15(18)13-9-11(2)19-16-13/h3-6,9-10H,7-8H2,1-2H3. The predicted molar refractivity (Wildman–Crippen MR) is 72.3 cm³/mol. The third-order valence-electron chi connectivity index (χ3n) is 3.59. The van der Waals surface area contributed by atoms with Gasteiger partial charge >= 0.3 is 0 Å². The van der Waals surface area contributed by atoms with Gasteiger partial charge in [-0.2, -0.15) is 0 Å². The van der Waals surface area contributed by atoms with Crippen LogP contribution in [0.4, 0.5) is 5.69 Å². The van der Waals surface area contributed by atoms with Crippen LogP contribution in [-0.2, 0) is 6.42 Å². The van der Waals surface area contributed by atoms with Crippen molar-refractivity contribution >= 4 is 11.6 Å². The summed E-state index contributed by atoms with van der Waals surface area (Å²) >= 11 is 0. The van der Waals surface area contributed by atoms with Gasteiger partial charge in [-0.25, -0.2) is 0 Å². The van der Waals surface area contributed by atoms with Crippen LogP contribution in [0.3, 0.4) is 0 Å². The number of benzene rings is 1. The van der Waals surface area contributed by atoms with Crippen LogP contribution in [0.25, 0.3) is 0 Å². The summed E-state index contributed by atoms with van der Waals surface area (Å²) in [5.74, 6) is 0.567. The minimum absolute atomic E-state index is 0.0866. The molecule has 0 N–H and O–H groups in total. The van der Waals surface area contributed by atoms with E-state index in [4.69, 9.17) is 4.52 Å². The average Bonchev–Trinajstić information content (AvgIpc) is 2.85. The number of hydrogen-bond donors (Lipinski definition) is 0. The molecule has 0 saturated carbocycles. The highest BCUT2D eigenvalue weighted by molar-refractivity contribution is 6.05. The monoisotopic (exact) mass is 256 g/mol. The first-order chi connectivity index (χ1) is 9.16. The normalized spacial score (nSPS) is 18.2. The van der Waals surface area contributed by atoms with E-state index in [9.17, 15) is 4.79 Å². The Labute approximate surface area is 112 Å².